The van der Waals surface area contributed by atoms with Crippen molar-refractivity contribution in [3.8, 4) is 0 Å². The van der Waals surface area contributed by atoms with Crippen molar-refractivity contribution in [2.24, 2.45) is 0 Å². The van der Waals surface area contributed by atoms with Gasteiger partial charge in [0.15, 0.2) is 0 Å². The number of nitrogens with one attached hydrogen (secondary N) is 1. The van der Waals surface area contributed by atoms with Crippen LogP contribution in [0, 0.1) is 11.6 Å². The summed E-state index contributed by atoms with van der Waals surface area (Å²) in [6.07, 6.45) is 1.28. The van der Waals surface area contributed by atoms with Gasteiger partial charge < -0.3 is 10.4 Å². The molecule has 0 fully saturated rings. The molecular formula is C21H17F2NO2. The molecule has 0 radical (unpaired) electrons. The predicted octanol–water partition coefficient (Wildman–Crippen LogP) is 5.19. The van der Waals surface area contributed by atoms with Crippen LogP contribution in [0.4, 0.5) is 20.2 Å². The van der Waals surface area contributed by atoms with E-state index in [1.165, 1.54) is 30.3 Å². The Bertz CT molecular complexity index is 924. The first kappa shape index (κ1) is 17.6. The highest BCUT2D eigenvalue weighted by atomic mass is 19.1. The van der Waals surface area contributed by atoms with Crippen molar-refractivity contribution in [1.29, 1.82) is 0 Å². The first-order valence-corrected chi connectivity index (χ1v) is 8.14. The van der Waals surface area contributed by atoms with Gasteiger partial charge in [-0.2, -0.15) is 0 Å². The lowest BCUT2D eigenvalue weighted by Gasteiger charge is -2.12. The quantitative estimate of drug-likeness (QED) is 0.641. The Morgan fingerprint density at radius 1 is 0.846 bits per heavy atom. The van der Waals surface area contributed by atoms with Gasteiger partial charge in [-0.05, 0) is 72.5 Å². The smallest absolute Gasteiger partial charge is 0.337 e. The van der Waals surface area contributed by atoms with E-state index in [-0.39, 0.29) is 17.2 Å². The summed E-state index contributed by atoms with van der Waals surface area (Å²) in [5.41, 5.74) is 2.95. The molecule has 0 spiro atoms. The number of carboxylic acid groups (broad SMARTS) is 1. The van der Waals surface area contributed by atoms with Crippen LogP contribution in [0.25, 0.3) is 0 Å². The summed E-state index contributed by atoms with van der Waals surface area (Å²) >= 11 is 0. The van der Waals surface area contributed by atoms with Gasteiger partial charge in [0.25, 0.3) is 0 Å². The Hall–Kier alpha value is -3.21. The fraction of sp³-hybridized carbons (Fsp3) is 0.0952. The standard InChI is InChI=1S/C21H17F2NO2/c22-16-7-9-18(10-8-16)24-20-13-15(6-11-19(20)21(25)26)5-4-14-2-1-3-17(23)12-14/h1-3,6-13,24H,4-5H2,(H,25,26). The SMILES string of the molecule is O=C(O)c1ccc(CCc2cccc(F)c2)cc1Nc1ccc(F)cc1. The zero-order valence-electron chi connectivity index (χ0n) is 13.9. The monoisotopic (exact) mass is 353 g/mol. The van der Waals surface area contributed by atoms with E-state index in [2.05, 4.69) is 5.32 Å². The molecule has 0 bridgehead atoms. The Morgan fingerprint density at radius 2 is 1.54 bits per heavy atom. The summed E-state index contributed by atoms with van der Waals surface area (Å²) in [6.45, 7) is 0. The molecule has 3 nitrogen and oxygen atoms in total. The van der Waals surface area contributed by atoms with Crippen molar-refractivity contribution < 1.29 is 18.7 Å². The summed E-state index contributed by atoms with van der Waals surface area (Å²) in [5, 5.41) is 12.4. The lowest BCUT2D eigenvalue weighted by Crippen LogP contribution is -2.04. The molecule has 26 heavy (non-hydrogen) atoms. The molecule has 0 saturated heterocycles. The molecule has 0 aromatic heterocycles. The minimum absolute atomic E-state index is 0.129. The third-order valence-electron chi connectivity index (χ3n) is 4.03. The number of hydrogen-bond acceptors (Lipinski definition) is 2. The molecule has 0 amide bonds. The average Bonchev–Trinajstić information content (AvgIpc) is 2.62. The fourth-order valence-electron chi connectivity index (χ4n) is 2.71. The number of aromatic carboxylic acids is 1. The molecule has 0 aliphatic heterocycles. The highest BCUT2D eigenvalue weighted by Crippen LogP contribution is 2.24. The third-order valence-corrected chi connectivity index (χ3v) is 4.03. The van der Waals surface area contributed by atoms with Gasteiger partial charge in [0.05, 0.1) is 11.3 Å². The van der Waals surface area contributed by atoms with Gasteiger partial charge in [0.1, 0.15) is 11.6 Å². The number of benzene rings is 3. The maximum Gasteiger partial charge on any atom is 0.337 e. The second-order valence-corrected chi connectivity index (χ2v) is 5.95. The second-order valence-electron chi connectivity index (χ2n) is 5.95. The van der Waals surface area contributed by atoms with E-state index in [9.17, 15) is 18.7 Å². The summed E-state index contributed by atoms with van der Waals surface area (Å²) in [7, 11) is 0. The largest absolute Gasteiger partial charge is 0.478 e. The number of rotatable bonds is 6. The van der Waals surface area contributed by atoms with Crippen LogP contribution in [0.5, 0.6) is 0 Å². The maximum atomic E-state index is 13.3. The van der Waals surface area contributed by atoms with Gasteiger partial charge in [-0.1, -0.05) is 18.2 Å². The van der Waals surface area contributed by atoms with Crippen LogP contribution in [-0.4, -0.2) is 11.1 Å². The number of carbonyl (C=O) groups is 1. The molecular weight excluding hydrogens is 336 g/mol. The summed E-state index contributed by atoms with van der Waals surface area (Å²) in [5.74, 6) is -1.69. The van der Waals surface area contributed by atoms with Crippen molar-refractivity contribution >= 4 is 17.3 Å². The molecule has 0 aliphatic rings. The lowest BCUT2D eigenvalue weighted by atomic mass is 10.0. The zero-order valence-corrected chi connectivity index (χ0v) is 13.9. The van der Waals surface area contributed by atoms with Gasteiger partial charge in [-0.3, -0.25) is 0 Å². The second kappa shape index (κ2) is 7.78. The number of hydrogen-bond donors (Lipinski definition) is 2. The maximum absolute atomic E-state index is 13.3. The molecule has 0 saturated carbocycles. The van der Waals surface area contributed by atoms with Crippen LogP contribution in [0.1, 0.15) is 21.5 Å². The third kappa shape index (κ3) is 4.45. The van der Waals surface area contributed by atoms with Crippen molar-refractivity contribution in [1.82, 2.24) is 0 Å². The molecule has 3 aromatic rings. The minimum Gasteiger partial charge on any atom is -0.478 e. The first-order chi connectivity index (χ1) is 12.5. The first-order valence-electron chi connectivity index (χ1n) is 8.14. The van der Waals surface area contributed by atoms with Crippen LogP contribution in [0.3, 0.4) is 0 Å². The molecule has 0 heterocycles. The van der Waals surface area contributed by atoms with Crippen molar-refractivity contribution in [3.63, 3.8) is 0 Å². The Labute approximate surface area is 149 Å². The number of halogens is 2. The molecule has 132 valence electrons. The van der Waals surface area contributed by atoms with Crippen LogP contribution in [0.2, 0.25) is 0 Å². The summed E-state index contributed by atoms with van der Waals surface area (Å²) in [6, 6.07) is 17.1. The Kier molecular flexibility index (Phi) is 5.27. The van der Waals surface area contributed by atoms with E-state index in [4.69, 9.17) is 0 Å². The Morgan fingerprint density at radius 3 is 2.19 bits per heavy atom. The summed E-state index contributed by atoms with van der Waals surface area (Å²) < 4.78 is 26.3. The van der Waals surface area contributed by atoms with Crippen LogP contribution < -0.4 is 5.32 Å². The average molecular weight is 353 g/mol. The number of aryl methyl sites for hydroxylation is 2. The van der Waals surface area contributed by atoms with Gasteiger partial charge in [-0.25, -0.2) is 13.6 Å². The number of carboxylic acids is 1. The molecule has 3 rings (SSSR count). The normalized spacial score (nSPS) is 10.5. The van der Waals surface area contributed by atoms with Crippen molar-refractivity contribution in [2.75, 3.05) is 5.32 Å². The van der Waals surface area contributed by atoms with E-state index in [0.29, 0.717) is 24.2 Å². The zero-order chi connectivity index (χ0) is 18.5. The molecule has 0 unspecified atom stereocenters. The van der Waals surface area contributed by atoms with Crippen LogP contribution in [-0.2, 0) is 12.8 Å². The van der Waals surface area contributed by atoms with Gasteiger partial charge in [-0.15, -0.1) is 0 Å². The van der Waals surface area contributed by atoms with Crippen molar-refractivity contribution in [3.05, 3.63) is 95.1 Å². The molecule has 0 atom stereocenters. The lowest BCUT2D eigenvalue weighted by molar-refractivity contribution is 0.0698. The predicted molar refractivity (Wildman–Crippen MR) is 96.9 cm³/mol. The van der Waals surface area contributed by atoms with E-state index in [1.807, 2.05) is 6.07 Å². The van der Waals surface area contributed by atoms with Gasteiger partial charge in [0.2, 0.25) is 0 Å². The molecule has 5 heteroatoms. The summed E-state index contributed by atoms with van der Waals surface area (Å²) in [4.78, 5) is 11.5. The molecule has 2 N–H and O–H groups in total. The van der Waals surface area contributed by atoms with Crippen molar-refractivity contribution in [2.45, 2.75) is 12.8 Å². The van der Waals surface area contributed by atoms with Crippen LogP contribution in [0.15, 0.2) is 66.7 Å². The highest BCUT2D eigenvalue weighted by molar-refractivity contribution is 5.95. The highest BCUT2D eigenvalue weighted by Gasteiger charge is 2.11. The van der Waals surface area contributed by atoms with E-state index in [0.717, 1.165) is 11.1 Å². The molecule has 0 aliphatic carbocycles. The minimum atomic E-state index is -1.05. The topological polar surface area (TPSA) is 49.3 Å². The Balaban J connectivity index is 1.81. The fourth-order valence-corrected chi connectivity index (χ4v) is 2.71. The van der Waals surface area contributed by atoms with E-state index < -0.39 is 5.97 Å². The van der Waals surface area contributed by atoms with Gasteiger partial charge >= 0.3 is 5.97 Å². The van der Waals surface area contributed by atoms with E-state index >= 15 is 0 Å². The molecule has 3 aromatic carbocycles. The number of anilines is 2. The van der Waals surface area contributed by atoms with E-state index in [1.54, 1.807) is 30.3 Å². The van der Waals surface area contributed by atoms with Crippen LogP contribution >= 0.6 is 0 Å². The van der Waals surface area contributed by atoms with Gasteiger partial charge in [0, 0.05) is 5.69 Å².